The second-order valence-corrected chi connectivity index (χ2v) is 10.2. The molecule has 0 bridgehead atoms. The first-order valence-corrected chi connectivity index (χ1v) is 12.4. The van der Waals surface area contributed by atoms with E-state index in [1.165, 1.54) is 15.9 Å². The number of rotatable bonds is 4. The lowest BCUT2D eigenvalue weighted by Crippen LogP contribution is -2.49. The van der Waals surface area contributed by atoms with E-state index in [4.69, 9.17) is 0 Å². The van der Waals surface area contributed by atoms with Crippen molar-refractivity contribution in [1.82, 2.24) is 19.2 Å². The van der Waals surface area contributed by atoms with Gasteiger partial charge in [0.1, 0.15) is 0 Å². The molecule has 0 aliphatic carbocycles. The maximum absolute atomic E-state index is 13.3. The van der Waals surface area contributed by atoms with Crippen LogP contribution in [-0.2, 0) is 23.0 Å². The van der Waals surface area contributed by atoms with Gasteiger partial charge in [0.05, 0.1) is 4.90 Å². The van der Waals surface area contributed by atoms with Crippen LogP contribution in [0.2, 0.25) is 0 Å². The molecular weight excluding hydrogens is 438 g/mol. The molecule has 3 aromatic rings. The second kappa shape index (κ2) is 8.92. The van der Waals surface area contributed by atoms with E-state index in [-0.39, 0.29) is 10.8 Å². The first-order chi connectivity index (χ1) is 16.0. The van der Waals surface area contributed by atoms with E-state index in [1.807, 2.05) is 29.2 Å². The fourth-order valence-corrected chi connectivity index (χ4v) is 5.83. The van der Waals surface area contributed by atoms with Crippen molar-refractivity contribution in [3.8, 4) is 0 Å². The molecule has 8 nitrogen and oxygen atoms in total. The van der Waals surface area contributed by atoms with Crippen LogP contribution in [0.5, 0.6) is 0 Å². The summed E-state index contributed by atoms with van der Waals surface area (Å²) in [4.78, 5) is 25.6. The molecular formula is C24H25N5O3S. The Morgan fingerprint density at radius 3 is 2.30 bits per heavy atom. The van der Waals surface area contributed by atoms with Gasteiger partial charge in [-0.15, -0.1) is 0 Å². The van der Waals surface area contributed by atoms with E-state index in [0.29, 0.717) is 57.2 Å². The normalized spacial score (nSPS) is 17.0. The van der Waals surface area contributed by atoms with Crippen LogP contribution in [0.3, 0.4) is 0 Å². The number of hydrogen-bond acceptors (Lipinski definition) is 6. The zero-order valence-corrected chi connectivity index (χ0v) is 19.0. The van der Waals surface area contributed by atoms with Crippen molar-refractivity contribution in [2.75, 3.05) is 37.6 Å². The Labute approximate surface area is 193 Å². The summed E-state index contributed by atoms with van der Waals surface area (Å²) >= 11 is 0. The Morgan fingerprint density at radius 2 is 1.55 bits per heavy atom. The van der Waals surface area contributed by atoms with Crippen molar-refractivity contribution in [3.63, 3.8) is 0 Å². The Morgan fingerprint density at radius 1 is 0.818 bits per heavy atom. The summed E-state index contributed by atoms with van der Waals surface area (Å²) in [5.74, 6) is 0.491. The molecule has 9 heteroatoms. The number of hydrogen-bond donors (Lipinski definition) is 0. The van der Waals surface area contributed by atoms with Crippen LogP contribution in [-0.4, -0.2) is 66.2 Å². The molecule has 2 aliphatic heterocycles. The van der Waals surface area contributed by atoms with E-state index in [2.05, 4.69) is 9.97 Å². The molecule has 0 spiro atoms. The maximum Gasteiger partial charge on any atom is 0.254 e. The third-order valence-corrected chi connectivity index (χ3v) is 8.06. The average molecular weight is 464 g/mol. The van der Waals surface area contributed by atoms with Gasteiger partial charge in [0.2, 0.25) is 16.0 Å². The summed E-state index contributed by atoms with van der Waals surface area (Å²) in [5, 5.41) is 0. The smallest absolute Gasteiger partial charge is 0.254 e. The minimum Gasteiger partial charge on any atom is -0.337 e. The average Bonchev–Trinajstić information content (AvgIpc) is 2.88. The highest BCUT2D eigenvalue weighted by molar-refractivity contribution is 7.89. The van der Waals surface area contributed by atoms with Gasteiger partial charge in [-0.25, -0.2) is 18.4 Å². The highest BCUT2D eigenvalue weighted by Crippen LogP contribution is 2.25. The molecule has 0 saturated carbocycles. The van der Waals surface area contributed by atoms with Crippen LogP contribution < -0.4 is 4.90 Å². The lowest BCUT2D eigenvalue weighted by Gasteiger charge is -2.34. The number of carbonyl (C=O) groups is 1. The Kier molecular flexibility index (Phi) is 5.82. The van der Waals surface area contributed by atoms with Gasteiger partial charge in [-0.05, 0) is 41.8 Å². The molecule has 0 N–H and O–H groups in total. The minimum absolute atomic E-state index is 0.157. The number of piperazine rings is 1. The van der Waals surface area contributed by atoms with E-state index in [0.717, 1.165) is 5.56 Å². The van der Waals surface area contributed by atoms with Gasteiger partial charge >= 0.3 is 0 Å². The van der Waals surface area contributed by atoms with E-state index in [1.54, 1.807) is 41.6 Å². The van der Waals surface area contributed by atoms with Gasteiger partial charge in [-0.3, -0.25) is 4.79 Å². The molecule has 2 aromatic carbocycles. The first-order valence-electron chi connectivity index (χ1n) is 11.0. The number of fused-ring (bicyclic) bond motifs is 1. The monoisotopic (exact) mass is 463 g/mol. The van der Waals surface area contributed by atoms with E-state index in [9.17, 15) is 13.2 Å². The summed E-state index contributed by atoms with van der Waals surface area (Å²) in [6.45, 7) is 3.08. The Hall–Kier alpha value is -3.30. The largest absolute Gasteiger partial charge is 0.337 e. The van der Waals surface area contributed by atoms with Crippen LogP contribution in [0.1, 0.15) is 21.5 Å². The number of sulfonamides is 1. The second-order valence-electron chi connectivity index (χ2n) is 8.21. The van der Waals surface area contributed by atoms with Gasteiger partial charge in [-0.2, -0.15) is 4.31 Å². The molecule has 0 unspecified atom stereocenters. The van der Waals surface area contributed by atoms with Crippen LogP contribution in [0.15, 0.2) is 71.9 Å². The third-order valence-electron chi connectivity index (χ3n) is 6.22. The summed E-state index contributed by atoms with van der Waals surface area (Å²) < 4.78 is 28.2. The zero-order valence-electron chi connectivity index (χ0n) is 18.2. The molecule has 1 amide bonds. The van der Waals surface area contributed by atoms with Crippen LogP contribution in [0.4, 0.5) is 5.95 Å². The van der Waals surface area contributed by atoms with Crippen molar-refractivity contribution < 1.29 is 13.2 Å². The van der Waals surface area contributed by atoms with Crippen LogP contribution >= 0.6 is 0 Å². The number of amides is 1. The van der Waals surface area contributed by atoms with Crippen molar-refractivity contribution in [3.05, 3.63) is 83.7 Å². The van der Waals surface area contributed by atoms with Gasteiger partial charge in [-0.1, -0.05) is 30.3 Å². The van der Waals surface area contributed by atoms with Crippen LogP contribution in [0.25, 0.3) is 0 Å². The van der Waals surface area contributed by atoms with Gasteiger partial charge in [0, 0.05) is 57.2 Å². The quantitative estimate of drug-likeness (QED) is 0.590. The van der Waals surface area contributed by atoms with Gasteiger partial charge < -0.3 is 9.80 Å². The SMILES string of the molecule is O=C(c1cccc(S(=O)(=O)N2CCc3ccccc3C2)c1)N1CCN(c2ncccn2)CC1. The third kappa shape index (κ3) is 4.34. The molecule has 1 fully saturated rings. The lowest BCUT2D eigenvalue weighted by atomic mass is 10.0. The maximum atomic E-state index is 13.3. The highest BCUT2D eigenvalue weighted by atomic mass is 32.2. The first kappa shape index (κ1) is 21.5. The fraction of sp³-hybridized carbons (Fsp3) is 0.292. The molecule has 5 rings (SSSR count). The van der Waals surface area contributed by atoms with E-state index < -0.39 is 10.0 Å². The molecule has 2 aliphatic rings. The summed E-state index contributed by atoms with van der Waals surface area (Å²) in [6.07, 6.45) is 4.09. The number of nitrogens with zero attached hydrogens (tertiary/aromatic N) is 5. The van der Waals surface area contributed by atoms with E-state index >= 15 is 0 Å². The predicted octanol–water partition coefficient (Wildman–Crippen LogP) is 2.19. The predicted molar refractivity (Wildman–Crippen MR) is 124 cm³/mol. The van der Waals surface area contributed by atoms with Crippen molar-refractivity contribution in [2.45, 2.75) is 17.9 Å². The zero-order chi connectivity index (χ0) is 22.8. The van der Waals surface area contributed by atoms with Gasteiger partial charge in [0.25, 0.3) is 5.91 Å². The molecule has 1 saturated heterocycles. The molecule has 0 radical (unpaired) electrons. The topological polar surface area (TPSA) is 86.7 Å². The summed E-state index contributed by atoms with van der Waals surface area (Å²) in [7, 11) is -3.70. The van der Waals surface area contributed by atoms with Crippen LogP contribution in [0, 0.1) is 0 Å². The highest BCUT2D eigenvalue weighted by Gasteiger charge is 2.29. The molecule has 0 atom stereocenters. The fourth-order valence-electron chi connectivity index (χ4n) is 4.36. The summed E-state index contributed by atoms with van der Waals surface area (Å²) in [6, 6.07) is 16.1. The number of benzene rings is 2. The number of aromatic nitrogens is 2. The molecule has 170 valence electrons. The van der Waals surface area contributed by atoms with Crippen molar-refractivity contribution >= 4 is 21.9 Å². The van der Waals surface area contributed by atoms with Crippen molar-refractivity contribution in [1.29, 1.82) is 0 Å². The molecule has 1 aromatic heterocycles. The lowest BCUT2D eigenvalue weighted by molar-refractivity contribution is 0.0746. The summed E-state index contributed by atoms with van der Waals surface area (Å²) in [5.41, 5.74) is 2.60. The molecule has 33 heavy (non-hydrogen) atoms. The number of carbonyl (C=O) groups excluding carboxylic acids is 1. The number of anilines is 1. The Balaban J connectivity index is 1.30. The Bertz CT molecular complexity index is 1260. The van der Waals surface area contributed by atoms with Gasteiger partial charge in [0.15, 0.2) is 0 Å². The minimum atomic E-state index is -3.70. The standard InChI is InChI=1S/C24H25N5O3S/c30-23(27-13-15-28(16-14-27)24-25-10-4-11-26-24)20-7-3-8-22(17-20)33(31,32)29-12-9-19-5-1-2-6-21(19)18-29/h1-8,10-11,17H,9,12-16,18H2. The van der Waals surface area contributed by atoms with Crippen molar-refractivity contribution in [2.24, 2.45) is 0 Å². The molecule has 3 heterocycles.